The molecule has 7 heteroatoms. The van der Waals surface area contributed by atoms with Gasteiger partial charge in [-0.2, -0.15) is 4.98 Å². The third-order valence-electron chi connectivity index (χ3n) is 4.44. The first-order valence-electron chi connectivity index (χ1n) is 8.10. The van der Waals surface area contributed by atoms with Crippen LogP contribution in [0.15, 0.2) is 23.0 Å². The molecule has 1 aromatic carbocycles. The number of hydrogen-bond donors (Lipinski definition) is 1. The third kappa shape index (κ3) is 3.67. The lowest BCUT2D eigenvalue weighted by atomic mass is 9.86. The number of hydrogen-bond acceptors (Lipinski definition) is 5. The van der Waals surface area contributed by atoms with Crippen LogP contribution < -0.4 is 5.56 Å². The Kier molecular flexibility index (Phi) is 4.25. The molecule has 1 N–H and O–H groups in total. The van der Waals surface area contributed by atoms with Gasteiger partial charge in [0.05, 0.1) is 29.0 Å². The van der Waals surface area contributed by atoms with Crippen molar-refractivity contribution in [2.75, 3.05) is 24.6 Å². The van der Waals surface area contributed by atoms with Gasteiger partial charge in [0, 0.05) is 13.1 Å². The van der Waals surface area contributed by atoms with Crippen LogP contribution in [0.3, 0.4) is 0 Å². The van der Waals surface area contributed by atoms with Crippen LogP contribution in [0.25, 0.3) is 10.9 Å². The zero-order valence-corrected chi connectivity index (χ0v) is 15.1. The Morgan fingerprint density at radius 1 is 1.21 bits per heavy atom. The number of sulfone groups is 1. The highest BCUT2D eigenvalue weighted by atomic mass is 32.2. The molecule has 0 aliphatic carbocycles. The van der Waals surface area contributed by atoms with Crippen LogP contribution in [0.1, 0.15) is 32.2 Å². The lowest BCUT2D eigenvalue weighted by Crippen LogP contribution is -2.40. The standard InChI is InChI=1S/C17H23N3O3S/c1-17(2,3)12-4-5-14-13(10-12)16(21)19-15(18-14)11-20-6-8-24(22,23)9-7-20/h4-5,10H,6-9,11H2,1-3H3,(H,18,19,21). The minimum Gasteiger partial charge on any atom is -0.342 e. The molecule has 0 saturated carbocycles. The van der Waals surface area contributed by atoms with E-state index in [2.05, 4.69) is 30.7 Å². The average molecular weight is 349 g/mol. The summed E-state index contributed by atoms with van der Waals surface area (Å²) in [5.74, 6) is 0.912. The molecule has 1 aromatic heterocycles. The fraction of sp³-hybridized carbons (Fsp3) is 0.529. The molecule has 1 aliphatic rings. The number of H-pyrrole nitrogens is 1. The molecule has 1 saturated heterocycles. The molecule has 2 heterocycles. The molecule has 0 spiro atoms. The summed E-state index contributed by atoms with van der Waals surface area (Å²) in [7, 11) is -2.90. The van der Waals surface area contributed by atoms with Gasteiger partial charge >= 0.3 is 0 Å². The normalized spacial score (nSPS) is 18.8. The van der Waals surface area contributed by atoms with E-state index in [1.807, 2.05) is 23.1 Å². The summed E-state index contributed by atoms with van der Waals surface area (Å²) >= 11 is 0. The molecule has 0 atom stereocenters. The Morgan fingerprint density at radius 2 is 1.88 bits per heavy atom. The van der Waals surface area contributed by atoms with Gasteiger partial charge in [-0.25, -0.2) is 8.42 Å². The second-order valence-corrected chi connectivity index (χ2v) is 9.73. The molecule has 3 rings (SSSR count). The molecule has 130 valence electrons. The van der Waals surface area contributed by atoms with Crippen molar-refractivity contribution in [3.63, 3.8) is 0 Å². The van der Waals surface area contributed by atoms with Crippen molar-refractivity contribution in [2.24, 2.45) is 0 Å². The Bertz CT molecular complexity index is 912. The molecule has 0 bridgehead atoms. The molecule has 6 nitrogen and oxygen atoms in total. The van der Waals surface area contributed by atoms with Gasteiger partial charge in [-0.3, -0.25) is 9.69 Å². The highest BCUT2D eigenvalue weighted by Gasteiger charge is 2.22. The van der Waals surface area contributed by atoms with E-state index in [-0.39, 0.29) is 22.5 Å². The van der Waals surface area contributed by atoms with Gasteiger partial charge in [0.2, 0.25) is 0 Å². The van der Waals surface area contributed by atoms with E-state index in [1.165, 1.54) is 0 Å². The Balaban J connectivity index is 1.87. The van der Waals surface area contributed by atoms with Gasteiger partial charge in [-0.15, -0.1) is 0 Å². The molecule has 2 aromatic rings. The second kappa shape index (κ2) is 5.97. The summed E-state index contributed by atoms with van der Waals surface area (Å²) in [5.41, 5.74) is 1.59. The maximum atomic E-state index is 12.4. The van der Waals surface area contributed by atoms with Crippen LogP contribution in [0.4, 0.5) is 0 Å². The van der Waals surface area contributed by atoms with Crippen LogP contribution in [0.2, 0.25) is 0 Å². The van der Waals surface area contributed by atoms with Gasteiger partial charge in [-0.05, 0) is 23.1 Å². The van der Waals surface area contributed by atoms with E-state index in [0.29, 0.717) is 30.8 Å². The van der Waals surface area contributed by atoms with Crippen molar-refractivity contribution >= 4 is 20.7 Å². The van der Waals surface area contributed by atoms with Crippen molar-refractivity contribution in [1.29, 1.82) is 0 Å². The first kappa shape index (κ1) is 17.1. The van der Waals surface area contributed by atoms with Gasteiger partial charge in [0.1, 0.15) is 5.82 Å². The fourth-order valence-electron chi connectivity index (χ4n) is 2.86. The molecule has 1 fully saturated rings. The van der Waals surface area contributed by atoms with Gasteiger partial charge < -0.3 is 4.98 Å². The second-order valence-electron chi connectivity index (χ2n) is 7.43. The summed E-state index contributed by atoms with van der Waals surface area (Å²) in [4.78, 5) is 21.8. The number of aromatic nitrogens is 2. The SMILES string of the molecule is CC(C)(C)c1ccc2[nH]c(CN3CCS(=O)(=O)CC3)nc(=O)c2c1. The predicted molar refractivity (Wildman–Crippen MR) is 95.0 cm³/mol. The van der Waals surface area contributed by atoms with Crippen LogP contribution in [-0.4, -0.2) is 47.9 Å². The van der Waals surface area contributed by atoms with Crippen LogP contribution >= 0.6 is 0 Å². The zero-order chi connectivity index (χ0) is 17.5. The van der Waals surface area contributed by atoms with E-state index in [9.17, 15) is 13.2 Å². The summed E-state index contributed by atoms with van der Waals surface area (Å²) < 4.78 is 23.0. The van der Waals surface area contributed by atoms with E-state index < -0.39 is 9.84 Å². The first-order chi connectivity index (χ1) is 11.1. The lowest BCUT2D eigenvalue weighted by Gasteiger charge is -2.25. The van der Waals surface area contributed by atoms with Crippen molar-refractivity contribution in [3.8, 4) is 0 Å². The number of rotatable bonds is 2. The molecule has 0 unspecified atom stereocenters. The number of fused-ring (bicyclic) bond motifs is 1. The summed E-state index contributed by atoms with van der Waals surface area (Å²) in [6, 6.07) is 5.84. The minimum atomic E-state index is -2.90. The van der Waals surface area contributed by atoms with E-state index in [0.717, 1.165) is 11.1 Å². The quantitative estimate of drug-likeness (QED) is 0.887. The molecule has 0 amide bonds. The molecule has 1 aliphatic heterocycles. The van der Waals surface area contributed by atoms with Gasteiger partial charge in [-0.1, -0.05) is 26.8 Å². The summed E-state index contributed by atoms with van der Waals surface area (Å²) in [6.07, 6.45) is 0. The average Bonchev–Trinajstić information content (AvgIpc) is 2.48. The number of aromatic amines is 1. The molecular weight excluding hydrogens is 326 g/mol. The fourth-order valence-corrected chi connectivity index (χ4v) is 4.13. The maximum Gasteiger partial charge on any atom is 0.280 e. The zero-order valence-electron chi connectivity index (χ0n) is 14.3. The Labute approximate surface area is 141 Å². The van der Waals surface area contributed by atoms with Crippen LogP contribution in [0, 0.1) is 0 Å². The highest BCUT2D eigenvalue weighted by Crippen LogP contribution is 2.24. The number of benzene rings is 1. The minimum absolute atomic E-state index is 0.0292. The lowest BCUT2D eigenvalue weighted by molar-refractivity contribution is 0.280. The summed E-state index contributed by atoms with van der Waals surface area (Å²) in [5, 5.41) is 0.590. The van der Waals surface area contributed by atoms with E-state index >= 15 is 0 Å². The van der Waals surface area contributed by atoms with Crippen molar-refractivity contribution < 1.29 is 8.42 Å². The van der Waals surface area contributed by atoms with Gasteiger partial charge in [0.25, 0.3) is 5.56 Å². The number of nitrogens with one attached hydrogen (secondary N) is 1. The van der Waals surface area contributed by atoms with Crippen molar-refractivity contribution in [1.82, 2.24) is 14.9 Å². The van der Waals surface area contributed by atoms with Crippen molar-refractivity contribution in [2.45, 2.75) is 32.7 Å². The van der Waals surface area contributed by atoms with Crippen molar-refractivity contribution in [3.05, 3.63) is 39.9 Å². The Hall–Kier alpha value is -1.73. The largest absolute Gasteiger partial charge is 0.342 e. The van der Waals surface area contributed by atoms with Crippen LogP contribution in [-0.2, 0) is 21.8 Å². The van der Waals surface area contributed by atoms with Gasteiger partial charge in [0.15, 0.2) is 9.84 Å². The molecule has 24 heavy (non-hydrogen) atoms. The van der Waals surface area contributed by atoms with E-state index in [1.54, 1.807) is 0 Å². The monoisotopic (exact) mass is 349 g/mol. The molecular formula is C17H23N3O3S. The first-order valence-corrected chi connectivity index (χ1v) is 9.92. The maximum absolute atomic E-state index is 12.4. The number of nitrogens with zero attached hydrogens (tertiary/aromatic N) is 2. The topological polar surface area (TPSA) is 83.1 Å². The highest BCUT2D eigenvalue weighted by molar-refractivity contribution is 7.91. The molecule has 0 radical (unpaired) electrons. The van der Waals surface area contributed by atoms with Crippen LogP contribution in [0.5, 0.6) is 0 Å². The third-order valence-corrected chi connectivity index (χ3v) is 6.05. The predicted octanol–water partition coefficient (Wildman–Crippen LogP) is 1.45. The Morgan fingerprint density at radius 3 is 2.50 bits per heavy atom. The smallest absolute Gasteiger partial charge is 0.280 e. The summed E-state index contributed by atoms with van der Waals surface area (Å²) in [6.45, 7) is 7.74. The van der Waals surface area contributed by atoms with E-state index in [4.69, 9.17) is 0 Å².